The van der Waals surface area contributed by atoms with Gasteiger partial charge < -0.3 is 20.1 Å². The highest BCUT2D eigenvalue weighted by Crippen LogP contribution is 2.34. The summed E-state index contributed by atoms with van der Waals surface area (Å²) in [6, 6.07) is 4.17. The van der Waals surface area contributed by atoms with Crippen molar-refractivity contribution in [2.24, 2.45) is 0 Å². The standard InChI is InChI=1S/C13H15F3O4/c1-6-9(17)11(19)12(20-6)10(18)7-3-2-4-8(5-7)13(14,15)16/h2-6,9-12,17-19H,1H3. The summed E-state index contributed by atoms with van der Waals surface area (Å²) >= 11 is 0. The Bertz CT molecular complexity index is 477. The van der Waals surface area contributed by atoms with E-state index in [4.69, 9.17) is 4.74 Å². The summed E-state index contributed by atoms with van der Waals surface area (Å²) in [5, 5.41) is 29.3. The van der Waals surface area contributed by atoms with Gasteiger partial charge in [0.2, 0.25) is 0 Å². The zero-order valence-electron chi connectivity index (χ0n) is 10.6. The maximum atomic E-state index is 12.6. The van der Waals surface area contributed by atoms with Crippen molar-refractivity contribution < 1.29 is 33.2 Å². The van der Waals surface area contributed by atoms with Crippen LogP contribution < -0.4 is 0 Å². The van der Waals surface area contributed by atoms with Crippen LogP contribution in [0.4, 0.5) is 13.2 Å². The van der Waals surface area contributed by atoms with Gasteiger partial charge in [-0.05, 0) is 24.6 Å². The SMILES string of the molecule is CC1OC(C(O)c2cccc(C(F)(F)F)c2)C(O)C1O. The predicted octanol–water partition coefficient (Wildman–Crippen LogP) is 1.25. The molecule has 0 spiro atoms. The Labute approximate surface area is 113 Å². The Morgan fingerprint density at radius 2 is 1.85 bits per heavy atom. The average molecular weight is 292 g/mol. The van der Waals surface area contributed by atoms with E-state index < -0.39 is 42.3 Å². The molecule has 7 heteroatoms. The minimum Gasteiger partial charge on any atom is -0.388 e. The maximum absolute atomic E-state index is 12.6. The number of aliphatic hydroxyl groups is 3. The minimum absolute atomic E-state index is 0.0230. The summed E-state index contributed by atoms with van der Waals surface area (Å²) in [4.78, 5) is 0. The van der Waals surface area contributed by atoms with Crippen molar-refractivity contribution in [3.05, 3.63) is 35.4 Å². The van der Waals surface area contributed by atoms with Gasteiger partial charge >= 0.3 is 6.18 Å². The maximum Gasteiger partial charge on any atom is 0.416 e. The van der Waals surface area contributed by atoms with E-state index in [1.54, 1.807) is 0 Å². The Balaban J connectivity index is 2.24. The highest BCUT2D eigenvalue weighted by Gasteiger charge is 2.44. The molecule has 0 aliphatic carbocycles. The minimum atomic E-state index is -4.52. The van der Waals surface area contributed by atoms with Gasteiger partial charge in [-0.3, -0.25) is 0 Å². The van der Waals surface area contributed by atoms with Gasteiger partial charge in [-0.15, -0.1) is 0 Å². The summed E-state index contributed by atoms with van der Waals surface area (Å²) in [7, 11) is 0. The van der Waals surface area contributed by atoms with Crippen molar-refractivity contribution in [1.29, 1.82) is 0 Å². The van der Waals surface area contributed by atoms with Gasteiger partial charge in [0.05, 0.1) is 11.7 Å². The first-order chi connectivity index (χ1) is 9.21. The molecule has 0 amide bonds. The molecular formula is C13H15F3O4. The molecule has 0 saturated carbocycles. The second-order valence-electron chi connectivity index (χ2n) is 4.86. The molecule has 1 aromatic carbocycles. The number of ether oxygens (including phenoxy) is 1. The van der Waals surface area contributed by atoms with Gasteiger partial charge in [-0.25, -0.2) is 0 Å². The van der Waals surface area contributed by atoms with E-state index in [9.17, 15) is 28.5 Å². The normalized spacial score (nSPS) is 32.4. The van der Waals surface area contributed by atoms with Crippen LogP contribution in [0.2, 0.25) is 0 Å². The molecule has 2 rings (SSSR count). The van der Waals surface area contributed by atoms with Crippen molar-refractivity contribution in [1.82, 2.24) is 0 Å². The van der Waals surface area contributed by atoms with E-state index in [1.165, 1.54) is 19.1 Å². The third-order valence-corrected chi connectivity index (χ3v) is 3.41. The molecule has 0 aromatic heterocycles. The Hall–Kier alpha value is -1.15. The number of alkyl halides is 3. The topological polar surface area (TPSA) is 69.9 Å². The van der Waals surface area contributed by atoms with E-state index in [1.807, 2.05) is 0 Å². The molecule has 0 radical (unpaired) electrons. The molecule has 5 atom stereocenters. The molecule has 3 N–H and O–H groups in total. The molecular weight excluding hydrogens is 277 g/mol. The number of rotatable bonds is 2. The Morgan fingerprint density at radius 1 is 1.20 bits per heavy atom. The van der Waals surface area contributed by atoms with E-state index in [0.29, 0.717) is 0 Å². The number of benzene rings is 1. The third-order valence-electron chi connectivity index (χ3n) is 3.41. The first-order valence-corrected chi connectivity index (χ1v) is 6.08. The molecule has 112 valence electrons. The largest absolute Gasteiger partial charge is 0.416 e. The smallest absolute Gasteiger partial charge is 0.388 e. The van der Waals surface area contributed by atoms with E-state index >= 15 is 0 Å². The van der Waals surface area contributed by atoms with Crippen LogP contribution >= 0.6 is 0 Å². The lowest BCUT2D eigenvalue weighted by Gasteiger charge is -2.22. The van der Waals surface area contributed by atoms with Crippen molar-refractivity contribution in [3.63, 3.8) is 0 Å². The van der Waals surface area contributed by atoms with Crippen LogP contribution in [0.15, 0.2) is 24.3 Å². The summed E-state index contributed by atoms with van der Waals surface area (Å²) in [5.41, 5.74) is -0.916. The zero-order chi connectivity index (χ0) is 15.1. The first kappa shape index (κ1) is 15.2. The van der Waals surface area contributed by atoms with Gasteiger partial charge in [0, 0.05) is 0 Å². The number of aliphatic hydroxyl groups excluding tert-OH is 3. The molecule has 4 nitrogen and oxygen atoms in total. The van der Waals surface area contributed by atoms with Crippen LogP contribution in [0.5, 0.6) is 0 Å². The lowest BCUT2D eigenvalue weighted by Crippen LogP contribution is -2.35. The molecule has 1 fully saturated rings. The van der Waals surface area contributed by atoms with Crippen molar-refractivity contribution in [2.75, 3.05) is 0 Å². The van der Waals surface area contributed by atoms with Gasteiger partial charge in [0.1, 0.15) is 24.4 Å². The summed E-state index contributed by atoms with van der Waals surface area (Å²) in [6.07, 6.45) is -10.4. The monoisotopic (exact) mass is 292 g/mol. The molecule has 1 aliphatic rings. The average Bonchev–Trinajstić information content (AvgIpc) is 2.65. The van der Waals surface area contributed by atoms with Crippen LogP contribution in [0.1, 0.15) is 24.2 Å². The molecule has 0 bridgehead atoms. The molecule has 20 heavy (non-hydrogen) atoms. The Morgan fingerprint density at radius 3 is 2.35 bits per heavy atom. The fourth-order valence-corrected chi connectivity index (χ4v) is 2.23. The van der Waals surface area contributed by atoms with Gasteiger partial charge in [0.25, 0.3) is 0 Å². The fraction of sp³-hybridized carbons (Fsp3) is 0.538. The highest BCUT2D eigenvalue weighted by atomic mass is 19.4. The summed E-state index contributed by atoms with van der Waals surface area (Å²) < 4.78 is 43.0. The van der Waals surface area contributed by atoms with Gasteiger partial charge in [-0.2, -0.15) is 13.2 Å². The van der Waals surface area contributed by atoms with Gasteiger partial charge in [-0.1, -0.05) is 12.1 Å². The van der Waals surface area contributed by atoms with E-state index in [-0.39, 0.29) is 5.56 Å². The fourth-order valence-electron chi connectivity index (χ4n) is 2.23. The molecule has 1 saturated heterocycles. The Kier molecular flexibility index (Phi) is 4.06. The van der Waals surface area contributed by atoms with Crippen molar-refractivity contribution in [3.8, 4) is 0 Å². The molecule has 5 unspecified atom stereocenters. The van der Waals surface area contributed by atoms with Crippen molar-refractivity contribution in [2.45, 2.75) is 43.6 Å². The van der Waals surface area contributed by atoms with E-state index in [2.05, 4.69) is 0 Å². The lowest BCUT2D eigenvalue weighted by atomic mass is 9.97. The van der Waals surface area contributed by atoms with Crippen LogP contribution in [0, 0.1) is 0 Å². The quantitative estimate of drug-likeness (QED) is 0.767. The number of hydrogen-bond donors (Lipinski definition) is 3. The summed E-state index contributed by atoms with van der Waals surface area (Å²) in [6.45, 7) is 1.51. The number of hydrogen-bond acceptors (Lipinski definition) is 4. The van der Waals surface area contributed by atoms with Crippen LogP contribution in [-0.2, 0) is 10.9 Å². The van der Waals surface area contributed by atoms with Crippen LogP contribution in [0.25, 0.3) is 0 Å². The lowest BCUT2D eigenvalue weighted by molar-refractivity contribution is -0.137. The third kappa shape index (κ3) is 2.80. The summed E-state index contributed by atoms with van der Waals surface area (Å²) in [5.74, 6) is 0. The second kappa shape index (κ2) is 5.33. The zero-order valence-corrected chi connectivity index (χ0v) is 10.6. The second-order valence-corrected chi connectivity index (χ2v) is 4.86. The first-order valence-electron chi connectivity index (χ1n) is 6.08. The highest BCUT2D eigenvalue weighted by molar-refractivity contribution is 5.28. The molecule has 1 aromatic rings. The van der Waals surface area contributed by atoms with Crippen LogP contribution in [-0.4, -0.2) is 39.7 Å². The van der Waals surface area contributed by atoms with E-state index in [0.717, 1.165) is 12.1 Å². The predicted molar refractivity (Wildman–Crippen MR) is 62.8 cm³/mol. The number of halogens is 3. The van der Waals surface area contributed by atoms with Crippen molar-refractivity contribution >= 4 is 0 Å². The van der Waals surface area contributed by atoms with Crippen LogP contribution in [0.3, 0.4) is 0 Å². The molecule has 1 heterocycles. The molecule has 1 aliphatic heterocycles. The van der Waals surface area contributed by atoms with Gasteiger partial charge in [0.15, 0.2) is 0 Å².